The lowest BCUT2D eigenvalue weighted by Gasteiger charge is -2.27. The van der Waals surface area contributed by atoms with Gasteiger partial charge in [0.25, 0.3) is 0 Å². The Kier molecular flexibility index (Phi) is 16.6. The summed E-state index contributed by atoms with van der Waals surface area (Å²) in [7, 11) is 0. The van der Waals surface area contributed by atoms with Gasteiger partial charge in [0.15, 0.2) is 0 Å². The monoisotopic (exact) mass is 654 g/mol. The summed E-state index contributed by atoms with van der Waals surface area (Å²) < 4.78 is 0. The third-order valence-corrected chi connectivity index (χ3v) is 6.83. The molecule has 17 heteroatoms. The Morgan fingerprint density at radius 2 is 1.24 bits per heavy atom. The highest BCUT2D eigenvalue weighted by Crippen LogP contribution is 2.07. The number of hydrogen-bond acceptors (Lipinski definition) is 10. The van der Waals surface area contributed by atoms with Gasteiger partial charge in [0.05, 0.1) is 12.6 Å². The molecule has 0 aliphatic carbocycles. The molecule has 6 atom stereocenters. The Morgan fingerprint density at radius 1 is 0.733 bits per heavy atom. The largest absolute Gasteiger partial charge is 0.481 e. The summed E-state index contributed by atoms with van der Waals surface area (Å²) in [6.45, 7) is 3.74. The molecular formula is C28H42N6O10S. The van der Waals surface area contributed by atoms with Gasteiger partial charge in [-0.05, 0) is 24.8 Å². The molecule has 0 spiro atoms. The van der Waals surface area contributed by atoms with Crippen LogP contribution in [0.25, 0.3) is 0 Å². The van der Waals surface area contributed by atoms with Gasteiger partial charge in [0, 0.05) is 18.6 Å². The number of carbonyl (C=O) groups is 7. The lowest BCUT2D eigenvalue weighted by Crippen LogP contribution is -2.60. The van der Waals surface area contributed by atoms with Gasteiger partial charge in [0.2, 0.25) is 29.5 Å². The number of rotatable bonds is 19. The fourth-order valence-electron chi connectivity index (χ4n) is 3.87. The zero-order valence-electron chi connectivity index (χ0n) is 25.2. The molecule has 1 aromatic carbocycles. The normalized spacial score (nSPS) is 14.9. The second kappa shape index (κ2) is 19.2. The number of thiol groups is 1. The maximum Gasteiger partial charge on any atom is 0.326 e. The van der Waals surface area contributed by atoms with Gasteiger partial charge in [-0.2, -0.15) is 12.6 Å². The first-order chi connectivity index (χ1) is 21.1. The maximum atomic E-state index is 13.1. The summed E-state index contributed by atoms with van der Waals surface area (Å²) in [5.74, 6) is -7.75. The molecule has 0 aliphatic rings. The molecular weight excluding hydrogens is 612 g/mol. The van der Waals surface area contributed by atoms with Crippen molar-refractivity contribution in [2.45, 2.75) is 76.3 Å². The fourth-order valence-corrected chi connectivity index (χ4v) is 4.13. The number of aliphatic hydroxyl groups excluding tert-OH is 1. The van der Waals surface area contributed by atoms with Gasteiger partial charge in [-0.25, -0.2) is 4.79 Å². The van der Waals surface area contributed by atoms with Crippen LogP contribution in [0.4, 0.5) is 0 Å². The molecule has 0 saturated carbocycles. The zero-order valence-corrected chi connectivity index (χ0v) is 26.1. The van der Waals surface area contributed by atoms with E-state index in [1.165, 1.54) is 6.92 Å². The van der Waals surface area contributed by atoms with E-state index in [9.17, 15) is 43.8 Å². The third-order valence-electron chi connectivity index (χ3n) is 6.47. The van der Waals surface area contributed by atoms with E-state index in [0.717, 1.165) is 0 Å². The van der Waals surface area contributed by atoms with Crippen LogP contribution in [0.3, 0.4) is 0 Å². The molecule has 0 heterocycles. The molecule has 0 bridgehead atoms. The van der Waals surface area contributed by atoms with Crippen LogP contribution in [0.15, 0.2) is 30.3 Å². The van der Waals surface area contributed by atoms with Gasteiger partial charge < -0.3 is 47.6 Å². The Bertz CT molecular complexity index is 1200. The quantitative estimate of drug-likeness (QED) is 0.0699. The molecule has 16 nitrogen and oxygen atoms in total. The number of aliphatic hydroxyl groups is 1. The molecule has 1 aromatic rings. The highest BCUT2D eigenvalue weighted by molar-refractivity contribution is 7.80. The average Bonchev–Trinajstić information content (AvgIpc) is 2.98. The lowest BCUT2D eigenvalue weighted by atomic mass is 10.0. The highest BCUT2D eigenvalue weighted by Gasteiger charge is 2.33. The second-order valence-corrected chi connectivity index (χ2v) is 11.0. The lowest BCUT2D eigenvalue weighted by molar-refractivity contribution is -0.142. The first kappa shape index (κ1) is 38.8. The van der Waals surface area contributed by atoms with Crippen LogP contribution in [-0.2, 0) is 40.0 Å². The van der Waals surface area contributed by atoms with E-state index in [4.69, 9.17) is 10.8 Å². The molecule has 0 saturated heterocycles. The van der Waals surface area contributed by atoms with Gasteiger partial charge in [-0.15, -0.1) is 0 Å². The molecule has 250 valence electrons. The number of hydrogen-bond donors (Lipinski definition) is 10. The number of nitrogens with one attached hydrogen (secondary N) is 5. The SMILES string of the molecule is CC(C)[C@H](NC(=O)[C@H](C)N)C(=O)N[C@@H](CO)C(=O)N[C@@H](CCC(=O)O)C(=O)N[C@@H](CS)C(=O)N[C@@H](Cc1ccccc1)C(=O)O. The van der Waals surface area contributed by atoms with E-state index in [1.54, 1.807) is 44.2 Å². The number of carboxylic acid groups (broad SMARTS) is 2. The van der Waals surface area contributed by atoms with Crippen LogP contribution in [0.2, 0.25) is 0 Å². The topological polar surface area (TPSA) is 266 Å². The number of benzene rings is 1. The first-order valence-electron chi connectivity index (χ1n) is 14.1. The molecule has 0 fully saturated rings. The van der Waals surface area contributed by atoms with Crippen molar-refractivity contribution < 1.29 is 48.9 Å². The predicted molar refractivity (Wildman–Crippen MR) is 164 cm³/mol. The third kappa shape index (κ3) is 13.5. The molecule has 0 aliphatic heterocycles. The Morgan fingerprint density at radius 3 is 1.73 bits per heavy atom. The van der Waals surface area contributed by atoms with E-state index < -0.39 is 103 Å². The van der Waals surface area contributed by atoms with Gasteiger partial charge in [-0.1, -0.05) is 44.2 Å². The molecule has 10 N–H and O–H groups in total. The van der Waals surface area contributed by atoms with E-state index in [-0.39, 0.29) is 12.2 Å². The zero-order chi connectivity index (χ0) is 34.3. The second-order valence-electron chi connectivity index (χ2n) is 10.6. The number of nitrogens with two attached hydrogens (primary N) is 1. The average molecular weight is 655 g/mol. The minimum atomic E-state index is -1.61. The molecule has 45 heavy (non-hydrogen) atoms. The van der Waals surface area contributed by atoms with Gasteiger partial charge in [-0.3, -0.25) is 28.8 Å². The van der Waals surface area contributed by atoms with E-state index in [1.807, 2.05) is 0 Å². The van der Waals surface area contributed by atoms with Crippen molar-refractivity contribution in [1.29, 1.82) is 0 Å². The number of carboxylic acids is 2. The summed E-state index contributed by atoms with van der Waals surface area (Å²) in [5.41, 5.74) is 6.17. The van der Waals surface area contributed by atoms with Crippen molar-refractivity contribution in [2.75, 3.05) is 12.4 Å². The van der Waals surface area contributed by atoms with E-state index in [0.29, 0.717) is 5.56 Å². The van der Waals surface area contributed by atoms with Crippen molar-refractivity contribution in [2.24, 2.45) is 11.7 Å². The van der Waals surface area contributed by atoms with E-state index in [2.05, 4.69) is 39.2 Å². The van der Waals surface area contributed by atoms with Crippen LogP contribution < -0.4 is 32.3 Å². The van der Waals surface area contributed by atoms with Gasteiger partial charge in [0.1, 0.15) is 30.2 Å². The Balaban J connectivity index is 3.03. The van der Waals surface area contributed by atoms with Crippen molar-refractivity contribution in [3.63, 3.8) is 0 Å². The predicted octanol–water partition coefficient (Wildman–Crippen LogP) is -2.47. The fraction of sp³-hybridized carbons (Fsp3) is 0.536. The van der Waals surface area contributed by atoms with Crippen LogP contribution in [0, 0.1) is 5.92 Å². The van der Waals surface area contributed by atoms with Crippen LogP contribution in [-0.4, -0.2) is 105 Å². The standard InChI is InChI=1S/C28H42N6O10S/c1-14(2)22(34-23(38)15(3)29)27(42)32-19(12-35)25(40)30-17(9-10-21(36)37)24(39)33-20(13-45)26(41)31-18(28(43)44)11-16-7-5-4-6-8-16/h4-8,14-15,17-20,22,35,45H,9-13,29H2,1-3H3,(H,30,40)(H,31,41)(H,32,42)(H,33,39)(H,34,38)(H,36,37)(H,43,44)/t15-,17-,18-,19-,20-,22-/m0/s1. The number of amides is 5. The first-order valence-corrected chi connectivity index (χ1v) is 14.7. The number of carbonyl (C=O) groups excluding carboxylic acids is 5. The summed E-state index contributed by atoms with van der Waals surface area (Å²) in [4.78, 5) is 86.9. The molecule has 0 unspecified atom stereocenters. The minimum absolute atomic E-state index is 0.0483. The summed E-state index contributed by atoms with van der Waals surface area (Å²) in [6.07, 6.45) is -1.07. The summed E-state index contributed by atoms with van der Waals surface area (Å²) in [5, 5.41) is 40.2. The smallest absolute Gasteiger partial charge is 0.326 e. The van der Waals surface area contributed by atoms with Gasteiger partial charge >= 0.3 is 11.9 Å². The van der Waals surface area contributed by atoms with Crippen molar-refractivity contribution >= 4 is 54.1 Å². The van der Waals surface area contributed by atoms with Crippen LogP contribution in [0.1, 0.15) is 39.2 Å². The van der Waals surface area contributed by atoms with Crippen molar-refractivity contribution in [1.82, 2.24) is 26.6 Å². The van der Waals surface area contributed by atoms with E-state index >= 15 is 0 Å². The summed E-state index contributed by atoms with van der Waals surface area (Å²) >= 11 is 4.06. The van der Waals surface area contributed by atoms with Crippen molar-refractivity contribution in [3.05, 3.63) is 35.9 Å². The Hall–Kier alpha value is -4.22. The maximum absolute atomic E-state index is 13.1. The minimum Gasteiger partial charge on any atom is -0.481 e. The molecule has 0 radical (unpaired) electrons. The van der Waals surface area contributed by atoms with Crippen LogP contribution >= 0.6 is 12.6 Å². The summed E-state index contributed by atoms with van der Waals surface area (Å²) in [6, 6.07) is 0.578. The van der Waals surface area contributed by atoms with Crippen LogP contribution in [0.5, 0.6) is 0 Å². The van der Waals surface area contributed by atoms with Crippen molar-refractivity contribution in [3.8, 4) is 0 Å². The highest BCUT2D eigenvalue weighted by atomic mass is 32.1. The molecule has 0 aromatic heterocycles. The molecule has 1 rings (SSSR count). The molecule has 5 amide bonds. The number of aliphatic carboxylic acids is 2. The Labute approximate surface area is 265 Å².